The van der Waals surface area contributed by atoms with Gasteiger partial charge in [-0.1, -0.05) is 30.3 Å². The lowest BCUT2D eigenvalue weighted by molar-refractivity contribution is -0.870. The van der Waals surface area contributed by atoms with Gasteiger partial charge in [0.25, 0.3) is 11.8 Å². The molecule has 1 aromatic carbocycles. The van der Waals surface area contributed by atoms with E-state index in [0.29, 0.717) is 25.7 Å². The Morgan fingerprint density at radius 2 is 1.11 bits per heavy atom. The summed E-state index contributed by atoms with van der Waals surface area (Å²) in [6, 6.07) is 8.88. The molecule has 0 spiro atoms. The van der Waals surface area contributed by atoms with Crippen LogP contribution in [0.15, 0.2) is 42.5 Å². The van der Waals surface area contributed by atoms with Crippen LogP contribution >= 0.6 is 0 Å². The van der Waals surface area contributed by atoms with Crippen molar-refractivity contribution in [3.8, 4) is 0 Å². The first kappa shape index (κ1) is 62.1. The summed E-state index contributed by atoms with van der Waals surface area (Å²) in [5.74, 6) is -4.52. The highest BCUT2D eigenvalue weighted by Crippen LogP contribution is 2.33. The molecule has 1 saturated carbocycles. The fourth-order valence-corrected chi connectivity index (χ4v) is 6.53. The van der Waals surface area contributed by atoms with Crippen LogP contribution in [0.5, 0.6) is 0 Å². The van der Waals surface area contributed by atoms with Crippen LogP contribution in [0.3, 0.4) is 0 Å². The Balaban J connectivity index is 1.65. The smallest absolute Gasteiger partial charge is 0.407 e. The summed E-state index contributed by atoms with van der Waals surface area (Å²) in [7, 11) is 2.11. The average molecular weight is 1070 g/mol. The van der Waals surface area contributed by atoms with E-state index in [0.717, 1.165) is 19.8 Å². The lowest BCUT2D eigenvalue weighted by atomic mass is 9.76. The van der Waals surface area contributed by atoms with Crippen LogP contribution in [-0.2, 0) is 170 Å². The van der Waals surface area contributed by atoms with Crippen molar-refractivity contribution in [2.24, 2.45) is 23.2 Å². The SMILES string of the molecule is COOOOOOOOOOOOOCC(COOOOOOOOOOOOOC)(COC(=O)NCCC(=O)O)CC(=O)CCC(=O)C(CC(=O)C1CCC(CN2C(=O)C=CC2=O)CC1)Cc1ccccc1. The molecule has 412 valence electrons. The zero-order valence-electron chi connectivity index (χ0n) is 38.2. The number of carboxylic acids is 1. The van der Waals surface area contributed by atoms with Crippen molar-refractivity contribution in [1.29, 1.82) is 0 Å². The molecule has 1 aliphatic heterocycles. The predicted octanol–water partition coefficient (Wildman–Crippen LogP) is 1.68. The van der Waals surface area contributed by atoms with Gasteiger partial charge in [-0.05, 0) is 154 Å². The Labute approximate surface area is 407 Å². The number of ether oxygens (including phenoxy) is 1. The molecule has 0 radical (unpaired) electrons. The van der Waals surface area contributed by atoms with Gasteiger partial charge in [-0.15, -0.1) is 0 Å². The second-order valence-electron chi connectivity index (χ2n) is 14.6. The van der Waals surface area contributed by atoms with Crippen LogP contribution in [0.25, 0.3) is 0 Å². The number of hydrogen-bond acceptors (Lipinski definition) is 34. The number of ketones is 3. The van der Waals surface area contributed by atoms with Crippen LogP contribution in [0.1, 0.15) is 63.4 Å². The van der Waals surface area contributed by atoms with Crippen LogP contribution < -0.4 is 5.32 Å². The first-order valence-electron chi connectivity index (χ1n) is 20.7. The van der Waals surface area contributed by atoms with Crippen molar-refractivity contribution in [3.05, 3.63) is 48.0 Å². The number of Topliss-reactive ketones (excluding diaryl/α,β-unsaturated/α-hetero) is 3. The van der Waals surface area contributed by atoms with Crippen molar-refractivity contribution < 1.29 is 174 Å². The molecule has 73 heavy (non-hydrogen) atoms. The molecular formula is C36H48N2O35. The minimum atomic E-state index is -1.93. The number of carbonyl (C=O) groups excluding carboxylic acids is 6. The summed E-state index contributed by atoms with van der Waals surface area (Å²) in [6.45, 7) is -2.73. The molecule has 1 heterocycles. The molecule has 3 amide bonds. The summed E-state index contributed by atoms with van der Waals surface area (Å²) in [5, 5.41) is 95.8. The van der Waals surface area contributed by atoms with Gasteiger partial charge in [0.2, 0.25) is 0 Å². The zero-order chi connectivity index (χ0) is 52.8. The van der Waals surface area contributed by atoms with E-state index in [-0.39, 0.29) is 61.8 Å². The number of amides is 3. The van der Waals surface area contributed by atoms with E-state index in [9.17, 15) is 33.6 Å². The normalized spacial score (nSPS) is 16.2. The third-order valence-corrected chi connectivity index (χ3v) is 9.73. The van der Waals surface area contributed by atoms with Crippen LogP contribution in [0, 0.1) is 23.2 Å². The van der Waals surface area contributed by atoms with Crippen LogP contribution in [0.2, 0.25) is 0 Å². The third kappa shape index (κ3) is 28.2. The van der Waals surface area contributed by atoms with Gasteiger partial charge < -0.3 is 15.2 Å². The molecule has 1 aliphatic carbocycles. The van der Waals surface area contributed by atoms with Crippen LogP contribution in [-0.4, -0.2) is 98.4 Å². The maximum Gasteiger partial charge on any atom is 0.407 e. The second-order valence-corrected chi connectivity index (χ2v) is 14.6. The van der Waals surface area contributed by atoms with Gasteiger partial charge in [0.15, 0.2) is 0 Å². The number of carbonyl (C=O) groups is 7. The number of imide groups is 1. The topological polar surface area (TPSA) is 404 Å². The number of rotatable bonds is 46. The maximum atomic E-state index is 13.9. The highest BCUT2D eigenvalue weighted by Gasteiger charge is 2.38. The Bertz CT molecular complexity index is 1740. The third-order valence-electron chi connectivity index (χ3n) is 9.73. The highest BCUT2D eigenvalue weighted by atomic mass is 18.0. The Morgan fingerprint density at radius 1 is 0.630 bits per heavy atom. The number of aliphatic carboxylic acids is 1. The average Bonchev–Trinajstić information content (AvgIpc) is 3.70. The number of alkyl carbamates (subject to hydrolysis) is 1. The van der Waals surface area contributed by atoms with Crippen LogP contribution in [0.4, 0.5) is 4.79 Å². The first-order valence-corrected chi connectivity index (χ1v) is 20.7. The summed E-state index contributed by atoms with van der Waals surface area (Å²) in [4.78, 5) is 108. The molecule has 2 aliphatic rings. The van der Waals surface area contributed by atoms with Crippen molar-refractivity contribution in [3.63, 3.8) is 0 Å². The minimum Gasteiger partial charge on any atom is -0.481 e. The van der Waals surface area contributed by atoms with Gasteiger partial charge in [-0.3, -0.25) is 33.7 Å². The first-order chi connectivity index (χ1) is 35.4. The second kappa shape index (κ2) is 38.4. The summed E-state index contributed by atoms with van der Waals surface area (Å²) in [6.07, 6.45) is 1.38. The molecule has 3 rings (SSSR count). The number of benzene rings is 1. The van der Waals surface area contributed by atoms with Crippen molar-refractivity contribution in [2.75, 3.05) is 47.1 Å². The number of nitrogens with one attached hydrogen (secondary N) is 1. The molecule has 1 atom stereocenters. The molecule has 2 N–H and O–H groups in total. The van der Waals surface area contributed by atoms with Crippen molar-refractivity contribution in [1.82, 2.24) is 10.2 Å². The van der Waals surface area contributed by atoms with Crippen molar-refractivity contribution in [2.45, 2.75) is 64.2 Å². The van der Waals surface area contributed by atoms with E-state index >= 15 is 0 Å². The van der Waals surface area contributed by atoms with E-state index in [2.05, 4.69) is 126 Å². The quantitative estimate of drug-likeness (QED) is 0.0406. The summed E-state index contributed by atoms with van der Waals surface area (Å²) in [5.41, 5.74) is -1.18. The fourth-order valence-electron chi connectivity index (χ4n) is 6.53. The maximum absolute atomic E-state index is 13.9. The molecule has 1 fully saturated rings. The molecule has 0 saturated heterocycles. The lowest BCUT2D eigenvalue weighted by Crippen LogP contribution is -2.41. The molecule has 37 heteroatoms. The van der Waals surface area contributed by atoms with Gasteiger partial charge in [0.1, 0.15) is 24.0 Å². The Morgan fingerprint density at radius 3 is 1.59 bits per heavy atom. The number of carboxylic acid groups (broad SMARTS) is 1. The molecule has 1 unspecified atom stereocenters. The number of nitrogens with zero attached hydrogens (tertiary/aromatic N) is 1. The van der Waals surface area contributed by atoms with Gasteiger partial charge in [-0.2, -0.15) is 0 Å². The van der Waals surface area contributed by atoms with E-state index < -0.39 is 74.0 Å². The summed E-state index contributed by atoms with van der Waals surface area (Å²) >= 11 is 0. The molecule has 0 bridgehead atoms. The molecular weight excluding hydrogens is 1020 g/mol. The monoisotopic (exact) mass is 1070 g/mol. The van der Waals surface area contributed by atoms with Gasteiger partial charge >= 0.3 is 12.1 Å². The predicted molar refractivity (Wildman–Crippen MR) is 202 cm³/mol. The lowest BCUT2D eigenvalue weighted by Gasteiger charge is -2.30. The summed E-state index contributed by atoms with van der Waals surface area (Å²) < 4.78 is 5.21. The van der Waals surface area contributed by atoms with E-state index in [1.165, 1.54) is 17.1 Å². The standard InChI is InChI=1S/C36H48N2O35/c1-47-52-56-60-64-68-72-70-66-62-58-54-50-23-36(22-49-35(46)37-17-16-34(44)45,24-51-55-59-63-67-71-73-69-65-61-57-53-48-2)20-29(39)12-13-30(40)28(18-25-6-4-3-5-7-25)19-31(41)27-10-8-26(9-11-27)21-38-32(42)14-15-33(38)43/h3-7,14-15,26-28H,8-13,16-24H2,1-2H3,(H,37,46)(H,44,45). The Kier molecular flexibility index (Phi) is 32.7. The van der Waals surface area contributed by atoms with E-state index in [4.69, 9.17) is 19.6 Å². The zero-order valence-corrected chi connectivity index (χ0v) is 38.2. The largest absolute Gasteiger partial charge is 0.481 e. The van der Waals surface area contributed by atoms with Gasteiger partial charge in [-0.25, -0.2) is 24.3 Å². The van der Waals surface area contributed by atoms with Gasteiger partial charge in [0, 0.05) is 62.8 Å². The molecule has 1 aromatic rings. The number of hydrogen-bond donors (Lipinski definition) is 2. The van der Waals surface area contributed by atoms with Gasteiger partial charge in [0.05, 0.1) is 39.3 Å². The Hall–Kier alpha value is -5.19. The minimum absolute atomic E-state index is 0.0109. The fraction of sp³-hybridized carbons (Fsp3) is 0.583. The highest BCUT2D eigenvalue weighted by molar-refractivity contribution is 6.12. The van der Waals surface area contributed by atoms with E-state index in [1.807, 2.05) is 0 Å². The van der Waals surface area contributed by atoms with Crippen molar-refractivity contribution >= 4 is 41.2 Å². The molecule has 0 aromatic heterocycles. The van der Waals surface area contributed by atoms with E-state index in [1.54, 1.807) is 30.3 Å². The molecule has 37 nitrogen and oxygen atoms in total.